The first kappa shape index (κ1) is 16.7. The number of rotatable bonds is 3. The molecule has 24 heavy (non-hydrogen) atoms. The van der Waals surface area contributed by atoms with Crippen LogP contribution in [0.3, 0.4) is 0 Å². The van der Waals surface area contributed by atoms with Crippen LogP contribution < -0.4 is 5.32 Å². The van der Waals surface area contributed by atoms with Gasteiger partial charge in [0.25, 0.3) is 0 Å². The van der Waals surface area contributed by atoms with E-state index >= 15 is 0 Å². The molecule has 1 aliphatic rings. The van der Waals surface area contributed by atoms with Crippen molar-refractivity contribution < 1.29 is 4.79 Å². The number of aromatic nitrogens is 1. The molecule has 1 fully saturated rings. The van der Waals surface area contributed by atoms with Gasteiger partial charge < -0.3 is 9.80 Å². The zero-order valence-corrected chi connectivity index (χ0v) is 14.4. The Bertz CT molecular complexity index is 677. The highest BCUT2D eigenvalue weighted by Gasteiger charge is 2.29. The fraction of sp³-hybridized carbons (Fsp3) is 0.333. The lowest BCUT2D eigenvalue weighted by Gasteiger charge is -2.40. The maximum atomic E-state index is 12.7. The van der Waals surface area contributed by atoms with E-state index in [1.54, 1.807) is 12.1 Å². The summed E-state index contributed by atoms with van der Waals surface area (Å²) in [5.41, 5.74) is 1.24. The molecular weight excluding hydrogens is 324 g/mol. The highest BCUT2D eigenvalue weighted by Crippen LogP contribution is 2.16. The second kappa shape index (κ2) is 7.64. The van der Waals surface area contributed by atoms with Gasteiger partial charge in [0, 0.05) is 25.8 Å². The molecule has 1 aromatic carbocycles. The minimum absolute atomic E-state index is 0.112. The molecule has 2 heterocycles. The van der Waals surface area contributed by atoms with Crippen LogP contribution in [0.1, 0.15) is 5.56 Å². The van der Waals surface area contributed by atoms with Crippen LogP contribution in [0.25, 0.3) is 0 Å². The molecule has 1 saturated heterocycles. The molecule has 1 atom stereocenters. The maximum Gasteiger partial charge on any atom is 0.323 e. The van der Waals surface area contributed by atoms with E-state index in [2.05, 4.69) is 34.4 Å². The molecule has 0 saturated carbocycles. The van der Waals surface area contributed by atoms with Crippen LogP contribution in [0.15, 0.2) is 48.7 Å². The monoisotopic (exact) mass is 344 g/mol. The minimum atomic E-state index is -0.112. The van der Waals surface area contributed by atoms with Crippen molar-refractivity contribution in [2.45, 2.75) is 12.5 Å². The van der Waals surface area contributed by atoms with Crippen molar-refractivity contribution in [3.05, 3.63) is 59.2 Å². The van der Waals surface area contributed by atoms with Crippen molar-refractivity contribution in [3.8, 4) is 0 Å². The first-order valence-corrected chi connectivity index (χ1v) is 8.41. The summed E-state index contributed by atoms with van der Waals surface area (Å²) < 4.78 is 0. The number of pyridine rings is 1. The smallest absolute Gasteiger partial charge is 0.319 e. The first-order valence-electron chi connectivity index (χ1n) is 8.03. The fourth-order valence-electron chi connectivity index (χ4n) is 2.97. The number of urea groups is 1. The number of halogens is 1. The lowest BCUT2D eigenvalue weighted by molar-refractivity contribution is 0.116. The molecule has 1 unspecified atom stereocenters. The van der Waals surface area contributed by atoms with Crippen molar-refractivity contribution in [1.82, 2.24) is 14.8 Å². The van der Waals surface area contributed by atoms with Gasteiger partial charge in [0.1, 0.15) is 5.82 Å². The van der Waals surface area contributed by atoms with Crippen molar-refractivity contribution in [1.29, 1.82) is 0 Å². The van der Waals surface area contributed by atoms with Crippen LogP contribution in [0.4, 0.5) is 10.6 Å². The summed E-state index contributed by atoms with van der Waals surface area (Å²) in [4.78, 5) is 21.0. The number of benzene rings is 1. The summed E-state index contributed by atoms with van der Waals surface area (Å²) in [6.07, 6.45) is 2.37. The van der Waals surface area contributed by atoms with Crippen LogP contribution in [0.2, 0.25) is 5.02 Å². The molecule has 5 nitrogen and oxygen atoms in total. The molecule has 126 valence electrons. The Hall–Kier alpha value is -2.11. The number of piperazine rings is 1. The SMILES string of the molecule is CN1CCN(C(=O)Nc2ccc(Cl)cn2)C(Cc2ccccc2)C1. The normalized spacial score (nSPS) is 18.4. The van der Waals surface area contributed by atoms with E-state index in [1.165, 1.54) is 11.8 Å². The minimum Gasteiger partial charge on any atom is -0.319 e. The standard InChI is InChI=1S/C18H21ClN4O/c1-22-9-10-23(16(13-22)11-14-5-3-2-4-6-14)18(24)21-17-8-7-15(19)12-20-17/h2-8,12,16H,9-11,13H2,1H3,(H,20,21,24). The van der Waals surface area contributed by atoms with Crippen LogP contribution in [-0.4, -0.2) is 53.5 Å². The predicted molar refractivity (Wildman–Crippen MR) is 96.4 cm³/mol. The number of hydrogen-bond acceptors (Lipinski definition) is 3. The number of anilines is 1. The van der Waals surface area contributed by atoms with E-state index in [9.17, 15) is 4.79 Å². The second-order valence-electron chi connectivity index (χ2n) is 6.09. The van der Waals surface area contributed by atoms with Gasteiger partial charge in [-0.3, -0.25) is 5.32 Å². The second-order valence-corrected chi connectivity index (χ2v) is 6.53. The van der Waals surface area contributed by atoms with Gasteiger partial charge >= 0.3 is 6.03 Å². The Morgan fingerprint density at radius 3 is 2.75 bits per heavy atom. The fourth-order valence-corrected chi connectivity index (χ4v) is 3.08. The lowest BCUT2D eigenvalue weighted by atomic mass is 10.0. The topological polar surface area (TPSA) is 48.5 Å². The number of likely N-dealkylation sites (N-methyl/N-ethyl adjacent to an activating group) is 1. The Kier molecular flexibility index (Phi) is 5.33. The van der Waals surface area contributed by atoms with Crippen LogP contribution in [0.5, 0.6) is 0 Å². The van der Waals surface area contributed by atoms with Crippen molar-refractivity contribution in [3.63, 3.8) is 0 Å². The zero-order valence-electron chi connectivity index (χ0n) is 13.7. The van der Waals surface area contributed by atoms with E-state index in [0.717, 1.165) is 19.5 Å². The average Bonchev–Trinajstić information content (AvgIpc) is 2.58. The summed E-state index contributed by atoms with van der Waals surface area (Å²) in [5, 5.41) is 3.42. The molecule has 0 spiro atoms. The number of nitrogens with zero attached hydrogens (tertiary/aromatic N) is 3. The van der Waals surface area contributed by atoms with Gasteiger partial charge in [-0.2, -0.15) is 0 Å². The first-order chi connectivity index (χ1) is 11.6. The van der Waals surface area contributed by atoms with Crippen molar-refractivity contribution in [2.24, 2.45) is 0 Å². The maximum absolute atomic E-state index is 12.7. The van der Waals surface area contributed by atoms with E-state index in [1.807, 2.05) is 23.1 Å². The number of carbonyl (C=O) groups is 1. The largest absolute Gasteiger partial charge is 0.323 e. The molecule has 1 N–H and O–H groups in total. The quantitative estimate of drug-likeness (QED) is 0.930. The van der Waals surface area contributed by atoms with E-state index in [-0.39, 0.29) is 12.1 Å². The Labute approximate surface area is 147 Å². The van der Waals surface area contributed by atoms with Gasteiger partial charge in [-0.25, -0.2) is 9.78 Å². The summed E-state index contributed by atoms with van der Waals surface area (Å²) in [5.74, 6) is 0.516. The number of nitrogens with one attached hydrogen (secondary N) is 1. The van der Waals surface area contributed by atoms with E-state index in [4.69, 9.17) is 11.6 Å². The van der Waals surface area contributed by atoms with Gasteiger partial charge in [0.15, 0.2) is 0 Å². The Morgan fingerprint density at radius 2 is 2.04 bits per heavy atom. The summed E-state index contributed by atoms with van der Waals surface area (Å²) in [6, 6.07) is 13.7. The number of carbonyl (C=O) groups excluding carboxylic acids is 1. The average molecular weight is 345 g/mol. The van der Waals surface area contributed by atoms with Crippen LogP contribution >= 0.6 is 11.6 Å². The highest BCUT2D eigenvalue weighted by atomic mass is 35.5. The molecule has 6 heteroatoms. The Balaban J connectivity index is 1.70. The van der Waals surface area contributed by atoms with Gasteiger partial charge in [0.05, 0.1) is 11.1 Å². The molecule has 1 aromatic heterocycles. The Morgan fingerprint density at radius 1 is 1.25 bits per heavy atom. The molecule has 2 aromatic rings. The van der Waals surface area contributed by atoms with Crippen LogP contribution in [0, 0.1) is 0 Å². The molecule has 0 aliphatic carbocycles. The summed E-state index contributed by atoms with van der Waals surface area (Å²) in [6.45, 7) is 2.43. The third-order valence-corrected chi connectivity index (χ3v) is 4.45. The van der Waals surface area contributed by atoms with Gasteiger partial charge in [-0.05, 0) is 31.2 Å². The molecule has 3 rings (SSSR count). The highest BCUT2D eigenvalue weighted by molar-refractivity contribution is 6.30. The van der Waals surface area contributed by atoms with Gasteiger partial charge in [0.2, 0.25) is 0 Å². The molecular formula is C18H21ClN4O. The molecule has 2 amide bonds. The lowest BCUT2D eigenvalue weighted by Crippen LogP contribution is -2.56. The van der Waals surface area contributed by atoms with Crippen molar-refractivity contribution >= 4 is 23.4 Å². The molecule has 1 aliphatic heterocycles. The van der Waals surface area contributed by atoms with Gasteiger partial charge in [-0.15, -0.1) is 0 Å². The third-order valence-electron chi connectivity index (χ3n) is 4.22. The predicted octanol–water partition coefficient (Wildman–Crippen LogP) is 3.13. The number of hydrogen-bond donors (Lipinski definition) is 1. The number of amides is 2. The zero-order chi connectivity index (χ0) is 16.9. The van der Waals surface area contributed by atoms with Crippen LogP contribution in [-0.2, 0) is 6.42 Å². The molecule has 0 radical (unpaired) electrons. The van der Waals surface area contributed by atoms with Gasteiger partial charge in [-0.1, -0.05) is 41.9 Å². The third kappa shape index (κ3) is 4.24. The summed E-state index contributed by atoms with van der Waals surface area (Å²) >= 11 is 5.84. The van der Waals surface area contributed by atoms with E-state index < -0.39 is 0 Å². The van der Waals surface area contributed by atoms with E-state index in [0.29, 0.717) is 17.4 Å². The summed E-state index contributed by atoms with van der Waals surface area (Å²) in [7, 11) is 2.09. The molecule has 0 bridgehead atoms. The van der Waals surface area contributed by atoms with Crippen molar-refractivity contribution in [2.75, 3.05) is 32.0 Å².